The number of halogens is 1. The van der Waals surface area contributed by atoms with E-state index in [1.165, 1.54) is 18.2 Å². The molecule has 7 heteroatoms. The molecule has 2 rings (SSSR count). The minimum atomic E-state index is -0.577. The Morgan fingerprint density at radius 1 is 1.58 bits per heavy atom. The van der Waals surface area contributed by atoms with Crippen LogP contribution >= 0.6 is 11.6 Å². The van der Waals surface area contributed by atoms with Gasteiger partial charge < -0.3 is 10.2 Å². The Balaban J connectivity index is 2.35. The Morgan fingerprint density at radius 2 is 2.32 bits per heavy atom. The van der Waals surface area contributed by atoms with E-state index in [0.29, 0.717) is 19.6 Å². The molecule has 19 heavy (non-hydrogen) atoms. The summed E-state index contributed by atoms with van der Waals surface area (Å²) in [7, 11) is 0. The van der Waals surface area contributed by atoms with Gasteiger partial charge in [0.2, 0.25) is 0 Å². The van der Waals surface area contributed by atoms with E-state index in [0.717, 1.165) is 0 Å². The molecule has 0 saturated carbocycles. The molecular formula is C12H14ClN3O3. The number of rotatable bonds is 2. The van der Waals surface area contributed by atoms with Gasteiger partial charge in [0, 0.05) is 36.8 Å². The Kier molecular flexibility index (Phi) is 4.01. The summed E-state index contributed by atoms with van der Waals surface area (Å²) in [5.74, 6) is -0.322. The molecule has 1 aromatic rings. The van der Waals surface area contributed by atoms with Gasteiger partial charge in [-0.3, -0.25) is 14.9 Å². The monoisotopic (exact) mass is 283 g/mol. The number of piperazine rings is 1. The van der Waals surface area contributed by atoms with E-state index in [9.17, 15) is 14.9 Å². The molecule has 102 valence electrons. The zero-order valence-corrected chi connectivity index (χ0v) is 11.2. The molecule has 1 saturated heterocycles. The molecule has 1 aromatic carbocycles. The van der Waals surface area contributed by atoms with Gasteiger partial charge in [-0.05, 0) is 19.1 Å². The predicted octanol–water partition coefficient (Wildman–Crippen LogP) is 1.68. The van der Waals surface area contributed by atoms with Crippen molar-refractivity contribution in [1.82, 2.24) is 10.2 Å². The molecule has 0 aliphatic carbocycles. The number of hydrogen-bond acceptors (Lipinski definition) is 4. The third-order valence-corrected chi connectivity index (χ3v) is 3.38. The van der Waals surface area contributed by atoms with Crippen LogP contribution in [-0.2, 0) is 0 Å². The fourth-order valence-corrected chi connectivity index (χ4v) is 2.30. The van der Waals surface area contributed by atoms with Gasteiger partial charge in [0.15, 0.2) is 0 Å². The molecule has 6 nitrogen and oxygen atoms in total. The third-order valence-electron chi connectivity index (χ3n) is 3.15. The highest BCUT2D eigenvalue weighted by Crippen LogP contribution is 2.25. The fraction of sp³-hybridized carbons (Fsp3) is 0.417. The molecule has 1 heterocycles. The van der Waals surface area contributed by atoms with Crippen LogP contribution in [-0.4, -0.2) is 41.4 Å². The summed E-state index contributed by atoms with van der Waals surface area (Å²) in [6.07, 6.45) is 0. The van der Waals surface area contributed by atoms with E-state index in [1.54, 1.807) is 4.90 Å². The van der Waals surface area contributed by atoms with Gasteiger partial charge in [-0.1, -0.05) is 11.6 Å². The van der Waals surface area contributed by atoms with Crippen LogP contribution in [0.2, 0.25) is 5.02 Å². The molecule has 0 bridgehead atoms. The number of benzene rings is 1. The molecule has 0 radical (unpaired) electrons. The Labute approximate surface area is 115 Å². The number of nitro groups is 1. The van der Waals surface area contributed by atoms with Crippen molar-refractivity contribution in [1.29, 1.82) is 0 Å². The number of amides is 1. The lowest BCUT2D eigenvalue weighted by Gasteiger charge is -2.33. The van der Waals surface area contributed by atoms with Crippen LogP contribution in [0.1, 0.15) is 17.3 Å². The number of nitro benzene ring substituents is 1. The van der Waals surface area contributed by atoms with Crippen LogP contribution in [0, 0.1) is 10.1 Å². The summed E-state index contributed by atoms with van der Waals surface area (Å²) < 4.78 is 0. The van der Waals surface area contributed by atoms with Gasteiger partial charge >= 0.3 is 0 Å². The summed E-state index contributed by atoms with van der Waals surface area (Å²) in [6.45, 7) is 3.83. The van der Waals surface area contributed by atoms with Crippen molar-refractivity contribution in [2.75, 3.05) is 19.6 Å². The standard InChI is InChI=1S/C12H14ClN3O3/c1-8-7-14-4-5-15(8)12(17)10-3-2-9(13)6-11(10)16(18)19/h2-3,6,8,14H,4-5,7H2,1H3. The van der Waals surface area contributed by atoms with Crippen molar-refractivity contribution in [2.45, 2.75) is 13.0 Å². The first-order valence-corrected chi connectivity index (χ1v) is 6.34. The Hall–Kier alpha value is -1.66. The zero-order chi connectivity index (χ0) is 14.0. The van der Waals surface area contributed by atoms with Crippen LogP contribution in [0.15, 0.2) is 18.2 Å². The average molecular weight is 284 g/mol. The highest BCUT2D eigenvalue weighted by atomic mass is 35.5. The second-order valence-electron chi connectivity index (χ2n) is 4.47. The smallest absolute Gasteiger partial charge is 0.283 e. The second kappa shape index (κ2) is 5.54. The number of nitrogens with one attached hydrogen (secondary N) is 1. The number of nitrogens with zero attached hydrogens (tertiary/aromatic N) is 2. The lowest BCUT2D eigenvalue weighted by Crippen LogP contribution is -2.52. The molecular weight excluding hydrogens is 270 g/mol. The maximum Gasteiger partial charge on any atom is 0.283 e. The zero-order valence-electron chi connectivity index (χ0n) is 10.4. The quantitative estimate of drug-likeness (QED) is 0.662. The van der Waals surface area contributed by atoms with Crippen molar-refractivity contribution in [3.8, 4) is 0 Å². The van der Waals surface area contributed by atoms with Gasteiger partial charge in [0.1, 0.15) is 5.56 Å². The first-order chi connectivity index (χ1) is 9.00. The molecule has 1 atom stereocenters. The summed E-state index contributed by atoms with van der Waals surface area (Å²) in [5.41, 5.74) is -0.161. The molecule has 1 unspecified atom stereocenters. The third kappa shape index (κ3) is 2.85. The number of carbonyl (C=O) groups is 1. The highest BCUT2D eigenvalue weighted by molar-refractivity contribution is 6.31. The van der Waals surface area contributed by atoms with Gasteiger partial charge in [-0.25, -0.2) is 0 Å². The van der Waals surface area contributed by atoms with Crippen LogP contribution in [0.4, 0.5) is 5.69 Å². The van der Waals surface area contributed by atoms with Crippen molar-refractivity contribution in [3.63, 3.8) is 0 Å². The Bertz CT molecular complexity index is 521. The van der Waals surface area contributed by atoms with Gasteiger partial charge in [0.05, 0.1) is 4.92 Å². The molecule has 1 aliphatic rings. The van der Waals surface area contributed by atoms with E-state index < -0.39 is 4.92 Å². The minimum Gasteiger partial charge on any atom is -0.333 e. The summed E-state index contributed by atoms with van der Waals surface area (Å²) >= 11 is 5.74. The molecule has 1 fully saturated rings. The van der Waals surface area contributed by atoms with E-state index in [4.69, 9.17) is 11.6 Å². The lowest BCUT2D eigenvalue weighted by atomic mass is 10.1. The van der Waals surface area contributed by atoms with Crippen molar-refractivity contribution in [3.05, 3.63) is 38.9 Å². The predicted molar refractivity (Wildman–Crippen MR) is 71.5 cm³/mol. The molecule has 1 aliphatic heterocycles. The SMILES string of the molecule is CC1CNCCN1C(=O)c1ccc(Cl)cc1[N+](=O)[O-]. The van der Waals surface area contributed by atoms with E-state index in [1.807, 2.05) is 6.92 Å². The normalized spacial score (nSPS) is 19.3. The van der Waals surface area contributed by atoms with Crippen LogP contribution in [0.25, 0.3) is 0 Å². The summed E-state index contributed by atoms with van der Waals surface area (Å²) in [4.78, 5) is 24.5. The lowest BCUT2D eigenvalue weighted by molar-refractivity contribution is -0.385. The summed E-state index contributed by atoms with van der Waals surface area (Å²) in [6, 6.07) is 4.13. The maximum absolute atomic E-state index is 12.4. The summed E-state index contributed by atoms with van der Waals surface area (Å²) in [5, 5.41) is 14.4. The second-order valence-corrected chi connectivity index (χ2v) is 4.91. The van der Waals surface area contributed by atoms with Gasteiger partial charge in [-0.2, -0.15) is 0 Å². The molecule has 0 spiro atoms. The largest absolute Gasteiger partial charge is 0.333 e. The Morgan fingerprint density at radius 3 is 2.95 bits per heavy atom. The fourth-order valence-electron chi connectivity index (χ4n) is 2.13. The number of hydrogen-bond donors (Lipinski definition) is 1. The molecule has 1 N–H and O–H groups in total. The van der Waals surface area contributed by atoms with Gasteiger partial charge in [-0.15, -0.1) is 0 Å². The van der Waals surface area contributed by atoms with Crippen LogP contribution in [0.5, 0.6) is 0 Å². The topological polar surface area (TPSA) is 75.5 Å². The first-order valence-electron chi connectivity index (χ1n) is 5.96. The van der Waals surface area contributed by atoms with Crippen LogP contribution < -0.4 is 5.32 Å². The first kappa shape index (κ1) is 13.8. The maximum atomic E-state index is 12.4. The minimum absolute atomic E-state index is 0.0107. The van der Waals surface area contributed by atoms with E-state index >= 15 is 0 Å². The van der Waals surface area contributed by atoms with E-state index in [-0.39, 0.29) is 28.2 Å². The van der Waals surface area contributed by atoms with E-state index in [2.05, 4.69) is 5.32 Å². The molecule has 1 amide bonds. The highest BCUT2D eigenvalue weighted by Gasteiger charge is 2.29. The van der Waals surface area contributed by atoms with Crippen molar-refractivity contribution < 1.29 is 9.72 Å². The average Bonchev–Trinajstić information content (AvgIpc) is 2.38. The van der Waals surface area contributed by atoms with Crippen LogP contribution in [0.3, 0.4) is 0 Å². The number of carbonyl (C=O) groups excluding carboxylic acids is 1. The van der Waals surface area contributed by atoms with Gasteiger partial charge in [0.25, 0.3) is 11.6 Å². The van der Waals surface area contributed by atoms with Crippen molar-refractivity contribution in [2.24, 2.45) is 0 Å². The molecule has 0 aromatic heterocycles. The van der Waals surface area contributed by atoms with Crippen molar-refractivity contribution >= 4 is 23.2 Å².